The summed E-state index contributed by atoms with van der Waals surface area (Å²) < 4.78 is 27.9. The van der Waals surface area contributed by atoms with Gasteiger partial charge in [0.2, 0.25) is 5.88 Å². The number of halogens is 2. The summed E-state index contributed by atoms with van der Waals surface area (Å²) in [6.07, 6.45) is -0.0753. The Bertz CT molecular complexity index is 253. The van der Waals surface area contributed by atoms with Crippen LogP contribution in [-0.2, 0) is 6.61 Å². The molecule has 0 aromatic carbocycles. The highest BCUT2D eigenvalue weighted by Crippen LogP contribution is 2.05. The van der Waals surface area contributed by atoms with Gasteiger partial charge in [-0.1, -0.05) is 0 Å². The van der Waals surface area contributed by atoms with Gasteiger partial charge in [-0.25, -0.2) is 13.8 Å². The van der Waals surface area contributed by atoms with E-state index in [2.05, 4.69) is 14.7 Å². The molecule has 0 saturated heterocycles. The smallest absolute Gasteiger partial charge is 0.272 e. The summed E-state index contributed by atoms with van der Waals surface area (Å²) in [6, 6.07) is 0. The fraction of sp³-hybridized carbons (Fsp3) is 0.429. The Hall–Kier alpha value is -1.30. The number of hydrogen-bond donors (Lipinski definition) is 1. The molecule has 0 fully saturated rings. The van der Waals surface area contributed by atoms with Crippen LogP contribution >= 0.6 is 0 Å². The monoisotopic (exact) mass is 190 g/mol. The standard InChI is InChI=1S/C7H8F2N2O2/c8-6(9)4-13-7-2-10-5(3-12)1-11-7/h1-2,6,12H,3-4H2. The van der Waals surface area contributed by atoms with Crippen molar-refractivity contribution in [1.82, 2.24) is 9.97 Å². The Balaban J connectivity index is 2.49. The number of aromatic nitrogens is 2. The van der Waals surface area contributed by atoms with Crippen LogP contribution in [0.4, 0.5) is 8.78 Å². The zero-order valence-corrected chi connectivity index (χ0v) is 6.65. The molecule has 0 atom stereocenters. The van der Waals surface area contributed by atoms with Gasteiger partial charge in [-0.2, -0.15) is 0 Å². The number of nitrogens with zero attached hydrogens (tertiary/aromatic N) is 2. The lowest BCUT2D eigenvalue weighted by molar-refractivity contribution is 0.0793. The average molecular weight is 190 g/mol. The summed E-state index contributed by atoms with van der Waals surface area (Å²) in [5, 5.41) is 8.58. The first kappa shape index (κ1) is 9.79. The fourth-order valence-electron chi connectivity index (χ4n) is 0.647. The molecule has 1 N–H and O–H groups in total. The minimum Gasteiger partial charge on any atom is -0.470 e. The largest absolute Gasteiger partial charge is 0.470 e. The summed E-state index contributed by atoms with van der Waals surface area (Å²) >= 11 is 0. The van der Waals surface area contributed by atoms with Gasteiger partial charge in [0.25, 0.3) is 6.43 Å². The molecule has 1 heterocycles. The van der Waals surface area contributed by atoms with Crippen LogP contribution < -0.4 is 4.74 Å². The molecule has 13 heavy (non-hydrogen) atoms. The molecule has 6 heteroatoms. The minimum absolute atomic E-state index is 0.0255. The second-order valence-corrected chi connectivity index (χ2v) is 2.21. The van der Waals surface area contributed by atoms with Gasteiger partial charge >= 0.3 is 0 Å². The topological polar surface area (TPSA) is 55.2 Å². The first-order chi connectivity index (χ1) is 6.22. The number of aliphatic hydroxyl groups excluding tert-OH is 1. The third-order valence-electron chi connectivity index (χ3n) is 1.20. The summed E-state index contributed by atoms with van der Waals surface area (Å²) in [7, 11) is 0. The number of ether oxygens (including phenoxy) is 1. The van der Waals surface area contributed by atoms with E-state index in [1.807, 2.05) is 0 Å². The maximum atomic E-state index is 11.7. The summed E-state index contributed by atoms with van der Waals surface area (Å²) in [5.74, 6) is 0.0255. The van der Waals surface area contributed by atoms with Crippen LogP contribution in [0.15, 0.2) is 12.4 Å². The quantitative estimate of drug-likeness (QED) is 0.755. The number of rotatable bonds is 4. The van der Waals surface area contributed by atoms with Crippen LogP contribution in [0, 0.1) is 0 Å². The molecule has 1 aromatic heterocycles. The van der Waals surface area contributed by atoms with Crippen LogP contribution in [0.3, 0.4) is 0 Å². The molecule has 0 spiro atoms. The van der Waals surface area contributed by atoms with Gasteiger partial charge in [-0.05, 0) is 0 Å². The highest BCUT2D eigenvalue weighted by molar-refractivity contribution is 5.06. The molecule has 0 radical (unpaired) electrons. The maximum Gasteiger partial charge on any atom is 0.272 e. The third kappa shape index (κ3) is 3.29. The van der Waals surface area contributed by atoms with E-state index >= 15 is 0 Å². The average Bonchev–Trinajstić information content (AvgIpc) is 2.15. The third-order valence-corrected chi connectivity index (χ3v) is 1.20. The lowest BCUT2D eigenvalue weighted by Crippen LogP contribution is -2.08. The second-order valence-electron chi connectivity index (χ2n) is 2.21. The Morgan fingerprint density at radius 1 is 1.38 bits per heavy atom. The molecular formula is C7H8F2N2O2. The lowest BCUT2D eigenvalue weighted by atomic mass is 10.5. The lowest BCUT2D eigenvalue weighted by Gasteiger charge is -2.03. The predicted octanol–water partition coefficient (Wildman–Crippen LogP) is 0.613. The van der Waals surface area contributed by atoms with Gasteiger partial charge in [0, 0.05) is 0 Å². The Morgan fingerprint density at radius 3 is 2.62 bits per heavy atom. The van der Waals surface area contributed by atoms with Crippen LogP contribution in [0.2, 0.25) is 0 Å². The van der Waals surface area contributed by atoms with Gasteiger partial charge in [0.05, 0.1) is 24.7 Å². The van der Waals surface area contributed by atoms with Gasteiger partial charge < -0.3 is 9.84 Å². The van der Waals surface area contributed by atoms with E-state index in [-0.39, 0.29) is 12.5 Å². The maximum absolute atomic E-state index is 11.7. The van der Waals surface area contributed by atoms with Crippen molar-refractivity contribution >= 4 is 0 Å². The van der Waals surface area contributed by atoms with Crippen molar-refractivity contribution in [3.05, 3.63) is 18.1 Å². The fourth-order valence-corrected chi connectivity index (χ4v) is 0.647. The number of aliphatic hydroxyl groups is 1. The Kier molecular flexibility index (Phi) is 3.51. The highest BCUT2D eigenvalue weighted by atomic mass is 19.3. The molecule has 1 rings (SSSR count). The molecule has 0 amide bonds. The number of hydrogen-bond acceptors (Lipinski definition) is 4. The van der Waals surface area contributed by atoms with Crippen LogP contribution in [-0.4, -0.2) is 28.1 Å². The molecule has 1 aromatic rings. The van der Waals surface area contributed by atoms with E-state index in [9.17, 15) is 8.78 Å². The van der Waals surface area contributed by atoms with Gasteiger partial charge in [-0.15, -0.1) is 0 Å². The molecule has 0 unspecified atom stereocenters. The first-order valence-electron chi connectivity index (χ1n) is 3.55. The van der Waals surface area contributed by atoms with Crippen molar-refractivity contribution in [2.24, 2.45) is 0 Å². The summed E-state index contributed by atoms with van der Waals surface area (Å²) in [6.45, 7) is -0.935. The molecular weight excluding hydrogens is 182 g/mol. The van der Waals surface area contributed by atoms with Crippen molar-refractivity contribution in [3.8, 4) is 5.88 Å². The molecule has 0 aliphatic heterocycles. The van der Waals surface area contributed by atoms with Crippen molar-refractivity contribution in [2.45, 2.75) is 13.0 Å². The van der Waals surface area contributed by atoms with Gasteiger partial charge in [0.15, 0.2) is 6.61 Å². The minimum atomic E-state index is -2.53. The van der Waals surface area contributed by atoms with Crippen LogP contribution in [0.5, 0.6) is 5.88 Å². The molecule has 0 saturated carbocycles. The van der Waals surface area contributed by atoms with Crippen molar-refractivity contribution in [3.63, 3.8) is 0 Å². The Labute approximate surface area is 73.2 Å². The summed E-state index contributed by atoms with van der Waals surface area (Å²) in [5.41, 5.74) is 0.365. The van der Waals surface area contributed by atoms with Crippen LogP contribution in [0.25, 0.3) is 0 Å². The summed E-state index contributed by atoms with van der Waals surface area (Å²) in [4.78, 5) is 7.34. The SMILES string of the molecule is OCc1cnc(OCC(F)F)cn1. The van der Waals surface area contributed by atoms with E-state index in [4.69, 9.17) is 5.11 Å². The van der Waals surface area contributed by atoms with Crippen molar-refractivity contribution in [2.75, 3.05) is 6.61 Å². The zero-order chi connectivity index (χ0) is 9.68. The second kappa shape index (κ2) is 4.66. The molecule has 0 bridgehead atoms. The van der Waals surface area contributed by atoms with E-state index in [1.54, 1.807) is 0 Å². The zero-order valence-electron chi connectivity index (χ0n) is 6.65. The predicted molar refractivity (Wildman–Crippen MR) is 39.5 cm³/mol. The first-order valence-corrected chi connectivity index (χ1v) is 3.55. The molecule has 0 aliphatic rings. The molecule has 0 aliphatic carbocycles. The van der Waals surface area contributed by atoms with E-state index in [1.165, 1.54) is 12.4 Å². The van der Waals surface area contributed by atoms with Gasteiger partial charge in [-0.3, -0.25) is 4.98 Å². The highest BCUT2D eigenvalue weighted by Gasteiger charge is 2.04. The van der Waals surface area contributed by atoms with E-state index < -0.39 is 13.0 Å². The normalized spacial score (nSPS) is 10.5. The van der Waals surface area contributed by atoms with E-state index in [0.29, 0.717) is 5.69 Å². The van der Waals surface area contributed by atoms with Crippen LogP contribution in [0.1, 0.15) is 5.69 Å². The van der Waals surface area contributed by atoms with Crippen molar-refractivity contribution < 1.29 is 18.6 Å². The molecule has 4 nitrogen and oxygen atoms in total. The Morgan fingerprint density at radius 2 is 2.15 bits per heavy atom. The van der Waals surface area contributed by atoms with Crippen molar-refractivity contribution in [1.29, 1.82) is 0 Å². The van der Waals surface area contributed by atoms with E-state index in [0.717, 1.165) is 0 Å². The number of alkyl halides is 2. The van der Waals surface area contributed by atoms with Gasteiger partial charge in [0.1, 0.15) is 0 Å². The molecule has 72 valence electrons.